The molecule has 2 N–H and O–H groups in total. The summed E-state index contributed by atoms with van der Waals surface area (Å²) >= 11 is 0. The van der Waals surface area contributed by atoms with Gasteiger partial charge in [-0.1, -0.05) is 12.1 Å². The van der Waals surface area contributed by atoms with E-state index in [0.717, 1.165) is 23.2 Å². The first kappa shape index (κ1) is 16.1. The van der Waals surface area contributed by atoms with Crippen molar-refractivity contribution in [3.63, 3.8) is 0 Å². The van der Waals surface area contributed by atoms with E-state index in [1.807, 2.05) is 12.1 Å². The molecule has 0 saturated carbocycles. The molecular formula is C16H19N5O3. The largest absolute Gasteiger partial charge is 0.389 e. The molecule has 1 aromatic heterocycles. The normalized spacial score (nSPS) is 14.8. The number of rotatable bonds is 6. The lowest BCUT2D eigenvalue weighted by molar-refractivity contribution is -0.389. The zero-order valence-corrected chi connectivity index (χ0v) is 13.4. The number of nitrogens with zero attached hydrogens (tertiary/aromatic N) is 3. The van der Waals surface area contributed by atoms with E-state index in [0.29, 0.717) is 19.5 Å². The van der Waals surface area contributed by atoms with E-state index in [4.69, 9.17) is 0 Å². The maximum atomic E-state index is 11.4. The van der Waals surface area contributed by atoms with Crippen LogP contribution in [0.25, 0.3) is 0 Å². The Morgan fingerprint density at radius 2 is 2.25 bits per heavy atom. The number of aryl methyl sites for hydroxylation is 1. The summed E-state index contributed by atoms with van der Waals surface area (Å²) in [6.07, 6.45) is 2.89. The molecule has 126 valence electrons. The van der Waals surface area contributed by atoms with Crippen LogP contribution in [0, 0.1) is 10.1 Å². The molecule has 24 heavy (non-hydrogen) atoms. The Bertz CT molecular complexity index is 771. The highest BCUT2D eigenvalue weighted by molar-refractivity contribution is 5.93. The molecule has 0 aliphatic carbocycles. The summed E-state index contributed by atoms with van der Waals surface area (Å²) in [6.45, 7) is 3.27. The van der Waals surface area contributed by atoms with Gasteiger partial charge in [0.1, 0.15) is 0 Å². The Kier molecular flexibility index (Phi) is 4.57. The SMILES string of the molecule is C[C@H](NCCn1ccc([N+](=O)[O-])n1)c1ccc2c(c1)CCC(=O)N2. The number of nitrogens with one attached hydrogen (secondary N) is 2. The summed E-state index contributed by atoms with van der Waals surface area (Å²) < 4.78 is 1.56. The number of benzene rings is 1. The number of carbonyl (C=O) groups excluding carboxylic acids is 1. The highest BCUT2D eigenvalue weighted by Gasteiger charge is 2.16. The summed E-state index contributed by atoms with van der Waals surface area (Å²) in [7, 11) is 0. The molecule has 0 spiro atoms. The summed E-state index contributed by atoms with van der Waals surface area (Å²) in [6, 6.07) is 7.59. The Labute approximate surface area is 139 Å². The third kappa shape index (κ3) is 3.60. The van der Waals surface area contributed by atoms with Crippen molar-refractivity contribution in [1.29, 1.82) is 0 Å². The molecule has 8 heteroatoms. The Morgan fingerprint density at radius 1 is 1.42 bits per heavy atom. The van der Waals surface area contributed by atoms with Gasteiger partial charge in [-0.25, -0.2) is 0 Å². The van der Waals surface area contributed by atoms with Gasteiger partial charge in [-0.15, -0.1) is 0 Å². The lowest BCUT2D eigenvalue weighted by Crippen LogP contribution is -2.24. The van der Waals surface area contributed by atoms with Gasteiger partial charge in [0.2, 0.25) is 5.91 Å². The van der Waals surface area contributed by atoms with E-state index in [1.165, 1.54) is 6.07 Å². The van der Waals surface area contributed by atoms with Crippen molar-refractivity contribution >= 4 is 17.4 Å². The minimum atomic E-state index is -0.502. The molecule has 0 unspecified atom stereocenters. The van der Waals surface area contributed by atoms with Gasteiger partial charge >= 0.3 is 5.82 Å². The van der Waals surface area contributed by atoms with Crippen molar-refractivity contribution in [2.45, 2.75) is 32.4 Å². The van der Waals surface area contributed by atoms with Crippen LogP contribution in [0.1, 0.15) is 30.5 Å². The van der Waals surface area contributed by atoms with Crippen molar-refractivity contribution in [2.24, 2.45) is 0 Å². The van der Waals surface area contributed by atoms with Gasteiger partial charge in [0.15, 0.2) is 0 Å². The molecule has 1 aliphatic heterocycles. The fraction of sp³-hybridized carbons (Fsp3) is 0.375. The summed E-state index contributed by atoms with van der Waals surface area (Å²) in [4.78, 5) is 21.5. The van der Waals surface area contributed by atoms with E-state index >= 15 is 0 Å². The van der Waals surface area contributed by atoms with Crippen LogP contribution in [0.15, 0.2) is 30.5 Å². The number of nitro groups is 1. The maximum Gasteiger partial charge on any atom is 0.389 e. The molecule has 0 saturated heterocycles. The smallest absolute Gasteiger partial charge is 0.358 e. The van der Waals surface area contributed by atoms with E-state index in [-0.39, 0.29) is 17.8 Å². The molecular weight excluding hydrogens is 310 g/mol. The third-order valence-electron chi connectivity index (χ3n) is 4.13. The lowest BCUT2D eigenvalue weighted by atomic mass is 9.98. The van der Waals surface area contributed by atoms with Gasteiger partial charge in [0, 0.05) is 24.7 Å². The van der Waals surface area contributed by atoms with Crippen LogP contribution >= 0.6 is 0 Å². The van der Waals surface area contributed by atoms with E-state index in [9.17, 15) is 14.9 Å². The average Bonchev–Trinajstić information content (AvgIpc) is 3.03. The number of hydrogen-bond donors (Lipinski definition) is 2. The molecule has 0 fully saturated rings. The molecule has 0 bridgehead atoms. The van der Waals surface area contributed by atoms with Crippen LogP contribution in [0.4, 0.5) is 11.5 Å². The molecule has 8 nitrogen and oxygen atoms in total. The molecule has 1 atom stereocenters. The minimum Gasteiger partial charge on any atom is -0.358 e. The molecule has 3 rings (SSSR count). The van der Waals surface area contributed by atoms with Crippen LogP contribution in [-0.4, -0.2) is 27.2 Å². The van der Waals surface area contributed by atoms with Crippen molar-refractivity contribution < 1.29 is 9.72 Å². The van der Waals surface area contributed by atoms with Gasteiger partial charge in [0.05, 0.1) is 23.9 Å². The van der Waals surface area contributed by atoms with Crippen LogP contribution in [0.3, 0.4) is 0 Å². The number of amides is 1. The number of hydrogen-bond acceptors (Lipinski definition) is 5. The van der Waals surface area contributed by atoms with Gasteiger partial charge in [-0.05, 0) is 35.5 Å². The second-order valence-electron chi connectivity index (χ2n) is 5.83. The Balaban J connectivity index is 1.56. The number of aromatic nitrogens is 2. The van der Waals surface area contributed by atoms with Crippen molar-refractivity contribution in [2.75, 3.05) is 11.9 Å². The Hall–Kier alpha value is -2.74. The topological polar surface area (TPSA) is 102 Å². The molecule has 0 radical (unpaired) electrons. The van der Waals surface area contributed by atoms with E-state index in [1.54, 1.807) is 10.9 Å². The Morgan fingerprint density at radius 3 is 3.00 bits per heavy atom. The zero-order chi connectivity index (χ0) is 17.1. The van der Waals surface area contributed by atoms with E-state index in [2.05, 4.69) is 28.7 Å². The maximum absolute atomic E-state index is 11.4. The second-order valence-corrected chi connectivity index (χ2v) is 5.83. The van der Waals surface area contributed by atoms with Gasteiger partial charge < -0.3 is 20.7 Å². The summed E-state index contributed by atoms with van der Waals surface area (Å²) in [5.41, 5.74) is 3.20. The van der Waals surface area contributed by atoms with Gasteiger partial charge in [0.25, 0.3) is 0 Å². The molecule has 2 aromatic rings. The first-order valence-corrected chi connectivity index (χ1v) is 7.87. The number of fused-ring (bicyclic) bond motifs is 1. The van der Waals surface area contributed by atoms with Crippen LogP contribution in [0.2, 0.25) is 0 Å². The zero-order valence-electron chi connectivity index (χ0n) is 13.4. The van der Waals surface area contributed by atoms with Crippen molar-refractivity contribution in [1.82, 2.24) is 15.1 Å². The van der Waals surface area contributed by atoms with E-state index < -0.39 is 4.92 Å². The number of carbonyl (C=O) groups is 1. The fourth-order valence-corrected chi connectivity index (χ4v) is 2.76. The molecule has 1 aromatic carbocycles. The highest BCUT2D eigenvalue weighted by Crippen LogP contribution is 2.26. The molecule has 2 heterocycles. The monoisotopic (exact) mass is 329 g/mol. The standard InChI is InChI=1S/C16H19N5O3/c1-11(17-7-9-20-8-6-15(19-20)21(23)24)12-2-4-14-13(10-12)3-5-16(22)18-14/h2,4,6,8,10-11,17H,3,5,7,9H2,1H3,(H,18,22)/t11-/m0/s1. The van der Waals surface area contributed by atoms with Crippen molar-refractivity contribution in [3.05, 3.63) is 51.7 Å². The summed E-state index contributed by atoms with van der Waals surface area (Å²) in [5.74, 6) is -0.0745. The fourth-order valence-electron chi connectivity index (χ4n) is 2.76. The number of anilines is 1. The summed E-state index contributed by atoms with van der Waals surface area (Å²) in [5, 5.41) is 20.7. The third-order valence-corrected chi connectivity index (χ3v) is 4.13. The quantitative estimate of drug-likeness (QED) is 0.623. The first-order chi connectivity index (χ1) is 11.5. The van der Waals surface area contributed by atoms with Crippen LogP contribution in [-0.2, 0) is 17.8 Å². The molecule has 1 aliphatic rings. The highest BCUT2D eigenvalue weighted by atomic mass is 16.6. The predicted octanol–water partition coefficient (Wildman–Crippen LogP) is 2.03. The van der Waals surface area contributed by atoms with Crippen LogP contribution < -0.4 is 10.6 Å². The lowest BCUT2D eigenvalue weighted by Gasteiger charge is -2.20. The second kappa shape index (κ2) is 6.79. The first-order valence-electron chi connectivity index (χ1n) is 7.87. The van der Waals surface area contributed by atoms with Gasteiger partial charge in [-0.2, -0.15) is 4.68 Å². The average molecular weight is 329 g/mol. The molecule has 1 amide bonds. The predicted molar refractivity (Wildman–Crippen MR) is 88.7 cm³/mol. The van der Waals surface area contributed by atoms with Crippen LogP contribution in [0.5, 0.6) is 0 Å². The van der Waals surface area contributed by atoms with Gasteiger partial charge in [-0.3, -0.25) is 4.79 Å². The van der Waals surface area contributed by atoms with Crippen molar-refractivity contribution in [3.8, 4) is 0 Å². The minimum absolute atomic E-state index is 0.0646.